The van der Waals surface area contributed by atoms with Gasteiger partial charge in [-0.1, -0.05) is 210 Å². The minimum atomic E-state index is -1.54. The Morgan fingerprint density at radius 1 is 0.390 bits per heavy atom. The van der Waals surface area contributed by atoms with Crippen LogP contribution >= 0.6 is 0 Å². The summed E-state index contributed by atoms with van der Waals surface area (Å²) in [6, 6.07) is 0. The van der Waals surface area contributed by atoms with Gasteiger partial charge >= 0.3 is 17.9 Å². The number of hydrogen-bond donors (Lipinski definition) is 1. The molecule has 0 aliphatic carbocycles. The van der Waals surface area contributed by atoms with Gasteiger partial charge in [0.2, 0.25) is 0 Å². The normalized spacial score (nSPS) is 14.0. The molecule has 9 nitrogen and oxygen atoms in total. The van der Waals surface area contributed by atoms with Gasteiger partial charge in [-0.25, -0.2) is 4.79 Å². The highest BCUT2D eigenvalue weighted by molar-refractivity contribution is 5.71. The van der Waals surface area contributed by atoms with E-state index in [1.54, 1.807) is 0 Å². The summed E-state index contributed by atoms with van der Waals surface area (Å²) in [7, 11) is 5.93. The minimum Gasteiger partial charge on any atom is -0.477 e. The number of ether oxygens (including phenoxy) is 4. The summed E-state index contributed by atoms with van der Waals surface area (Å²) in [5, 5.41) is 9.71. The molecule has 0 spiro atoms. The Bertz CT molecular complexity index is 1860. The molecule has 0 aliphatic rings. The Morgan fingerprint density at radius 2 is 0.701 bits per heavy atom. The molecule has 0 rings (SSSR count). The molecule has 430 valence electrons. The first-order valence-corrected chi connectivity index (χ1v) is 29.3. The predicted octanol–water partition coefficient (Wildman–Crippen LogP) is 17.6. The van der Waals surface area contributed by atoms with Gasteiger partial charge in [-0.3, -0.25) is 9.59 Å². The smallest absolute Gasteiger partial charge is 0.361 e. The van der Waals surface area contributed by atoms with E-state index in [0.29, 0.717) is 23.9 Å². The van der Waals surface area contributed by atoms with Crippen molar-refractivity contribution in [2.75, 3.05) is 47.5 Å². The highest BCUT2D eigenvalue weighted by atomic mass is 16.7. The van der Waals surface area contributed by atoms with Crippen molar-refractivity contribution in [3.8, 4) is 0 Å². The van der Waals surface area contributed by atoms with E-state index in [4.69, 9.17) is 18.9 Å². The average Bonchev–Trinajstić information content (AvgIpc) is 3.40. The molecule has 2 atom stereocenters. The number of unbranched alkanes of at least 4 members (excludes halogenated alkanes) is 8. The van der Waals surface area contributed by atoms with Crippen molar-refractivity contribution in [3.63, 3.8) is 0 Å². The van der Waals surface area contributed by atoms with Crippen molar-refractivity contribution in [3.05, 3.63) is 170 Å². The van der Waals surface area contributed by atoms with Crippen LogP contribution < -0.4 is 0 Å². The largest absolute Gasteiger partial charge is 0.477 e. The summed E-state index contributed by atoms with van der Waals surface area (Å²) in [5.41, 5.74) is 0. The first-order valence-electron chi connectivity index (χ1n) is 29.3. The van der Waals surface area contributed by atoms with Crippen LogP contribution in [0.4, 0.5) is 0 Å². The second-order valence-electron chi connectivity index (χ2n) is 19.8. The predicted molar refractivity (Wildman–Crippen MR) is 326 cm³/mol. The van der Waals surface area contributed by atoms with Gasteiger partial charge < -0.3 is 28.5 Å². The molecule has 2 unspecified atom stereocenters. The van der Waals surface area contributed by atoms with Gasteiger partial charge in [-0.05, 0) is 128 Å². The summed E-state index contributed by atoms with van der Waals surface area (Å²) in [6.45, 7) is 4.54. The zero-order chi connectivity index (χ0) is 56.2. The van der Waals surface area contributed by atoms with Crippen molar-refractivity contribution >= 4 is 17.9 Å². The number of carboxylic acids is 1. The quantitative estimate of drug-likeness (QED) is 0.0211. The number of hydrogen-bond acceptors (Lipinski definition) is 7. The Labute approximate surface area is 469 Å². The van der Waals surface area contributed by atoms with Crippen LogP contribution in [-0.2, 0) is 33.3 Å². The second-order valence-corrected chi connectivity index (χ2v) is 19.8. The molecule has 0 fully saturated rings. The average molecular weight is 1070 g/mol. The van der Waals surface area contributed by atoms with Gasteiger partial charge in [0.05, 0.1) is 34.4 Å². The van der Waals surface area contributed by atoms with Gasteiger partial charge in [0.1, 0.15) is 13.2 Å². The van der Waals surface area contributed by atoms with Crippen LogP contribution in [-0.4, -0.2) is 87.4 Å². The fourth-order valence-electron chi connectivity index (χ4n) is 7.03. The number of nitrogens with zero attached hydrogens (tertiary/aromatic N) is 1. The lowest BCUT2D eigenvalue weighted by Crippen LogP contribution is -2.40. The molecular weight excluding hydrogens is 959 g/mol. The van der Waals surface area contributed by atoms with Crippen LogP contribution in [0.1, 0.15) is 181 Å². The number of carbonyl (C=O) groups is 3. The zero-order valence-corrected chi connectivity index (χ0v) is 48.8. The van der Waals surface area contributed by atoms with Crippen molar-refractivity contribution in [2.45, 2.75) is 193 Å². The van der Waals surface area contributed by atoms with Crippen molar-refractivity contribution < 1.29 is 42.9 Å². The molecule has 0 bridgehead atoms. The summed E-state index contributed by atoms with van der Waals surface area (Å²) in [5.74, 6) is -2.11. The highest BCUT2D eigenvalue weighted by Gasteiger charge is 2.25. The van der Waals surface area contributed by atoms with Crippen LogP contribution in [0.15, 0.2) is 170 Å². The highest BCUT2D eigenvalue weighted by Crippen LogP contribution is 2.12. The Balaban J connectivity index is 4.40. The van der Waals surface area contributed by atoms with E-state index >= 15 is 0 Å². The van der Waals surface area contributed by atoms with Gasteiger partial charge in [0, 0.05) is 12.8 Å². The SMILES string of the molecule is CC/C=C\C/C=C\C/C=C\C/C=C\C/C=C\C/C=C\C/C=C\C/C=C\CCCCCCCCC(=O)OC(COC(=O)CCCC/C=C\C/C=C\C/C=C\C/C=C\C/C=C\C/C=C\CC)COC(OCC[N+](C)(C)C)C(=O)O. The maximum atomic E-state index is 12.9. The maximum absolute atomic E-state index is 12.9. The molecule has 0 amide bonds. The molecule has 0 saturated heterocycles. The molecule has 0 aromatic carbocycles. The number of aliphatic carboxylic acids is 1. The number of esters is 2. The molecule has 1 N–H and O–H groups in total. The Hall–Kier alpha value is -5.35. The molecule has 0 saturated carbocycles. The molecular formula is C68H106NO8+. The minimum absolute atomic E-state index is 0.166. The second kappa shape index (κ2) is 56.8. The van der Waals surface area contributed by atoms with E-state index in [2.05, 4.69) is 184 Å². The van der Waals surface area contributed by atoms with Crippen LogP contribution in [0.5, 0.6) is 0 Å². The van der Waals surface area contributed by atoms with Crippen molar-refractivity contribution in [1.82, 2.24) is 0 Å². The van der Waals surface area contributed by atoms with Crippen LogP contribution in [0, 0.1) is 0 Å². The Morgan fingerprint density at radius 3 is 1.06 bits per heavy atom. The lowest BCUT2D eigenvalue weighted by molar-refractivity contribution is -0.870. The molecule has 0 aromatic heterocycles. The third-order valence-corrected chi connectivity index (χ3v) is 11.5. The third kappa shape index (κ3) is 58.2. The van der Waals surface area contributed by atoms with Gasteiger partial charge in [-0.2, -0.15) is 0 Å². The van der Waals surface area contributed by atoms with E-state index < -0.39 is 30.3 Å². The van der Waals surface area contributed by atoms with Gasteiger partial charge in [0.25, 0.3) is 6.29 Å². The van der Waals surface area contributed by atoms with Gasteiger partial charge in [-0.15, -0.1) is 0 Å². The maximum Gasteiger partial charge on any atom is 0.361 e. The van der Waals surface area contributed by atoms with E-state index in [-0.39, 0.29) is 32.7 Å². The monoisotopic (exact) mass is 1060 g/mol. The van der Waals surface area contributed by atoms with Gasteiger partial charge in [0.15, 0.2) is 6.10 Å². The van der Waals surface area contributed by atoms with Crippen molar-refractivity contribution in [2.24, 2.45) is 0 Å². The van der Waals surface area contributed by atoms with E-state index in [1.807, 2.05) is 21.1 Å². The molecule has 0 heterocycles. The first-order chi connectivity index (χ1) is 37.6. The lowest BCUT2D eigenvalue weighted by Gasteiger charge is -2.25. The lowest BCUT2D eigenvalue weighted by atomic mass is 10.1. The number of allylic oxidation sites excluding steroid dienone is 28. The molecule has 0 radical (unpaired) electrons. The van der Waals surface area contributed by atoms with Crippen molar-refractivity contribution in [1.29, 1.82) is 0 Å². The fourth-order valence-corrected chi connectivity index (χ4v) is 7.03. The van der Waals surface area contributed by atoms with E-state index in [9.17, 15) is 19.5 Å². The fraction of sp³-hybridized carbons (Fsp3) is 0.544. The number of carbonyl (C=O) groups excluding carboxylic acids is 2. The molecule has 0 aliphatic heterocycles. The molecule has 0 aromatic rings. The number of carboxylic acid groups (broad SMARTS) is 1. The Kier molecular flexibility index (Phi) is 52.9. The number of likely N-dealkylation sites (N-methyl/N-ethyl adjacent to an activating group) is 1. The van der Waals surface area contributed by atoms with E-state index in [0.717, 1.165) is 141 Å². The van der Waals surface area contributed by atoms with Crippen LogP contribution in [0.25, 0.3) is 0 Å². The molecule has 77 heavy (non-hydrogen) atoms. The summed E-state index contributed by atoms with van der Waals surface area (Å²) >= 11 is 0. The first kappa shape index (κ1) is 71.7. The summed E-state index contributed by atoms with van der Waals surface area (Å²) in [4.78, 5) is 37.4. The third-order valence-electron chi connectivity index (χ3n) is 11.5. The number of quaternary nitrogens is 1. The summed E-state index contributed by atoms with van der Waals surface area (Å²) < 4.78 is 22.8. The van der Waals surface area contributed by atoms with Crippen LogP contribution in [0.3, 0.4) is 0 Å². The standard InChI is InChI=1S/C68H105NO8/c1-6-8-10-12-14-16-18-20-22-24-26-28-29-30-31-32-33-34-35-36-37-39-41-43-45-47-49-51-53-55-57-59-66(71)77-64(63-76-68(67(72)73)74-61-60-69(3,4)5)62-75-65(70)58-56-54-52-50-48-46-44-42-40-38-27-25-23-21-19-17-15-13-11-9-7-2/h8-11,14-17,20-23,26-28,30-31,33-34,36-38,41-44,48,50,64,68H,6-7,12-13,18-19,24-25,29,32,35,39-40,45-47,49,51-63H2,1-5H3/p+1/b10-8-,11-9-,16-14-,17-15-,22-20-,23-21-,28-26-,31-30-,34-33-,37-36-,38-27-,43-41-,44-42-,50-48-. The number of rotatable bonds is 51. The zero-order valence-electron chi connectivity index (χ0n) is 48.8. The van der Waals surface area contributed by atoms with Crippen LogP contribution in [0.2, 0.25) is 0 Å². The summed E-state index contributed by atoms with van der Waals surface area (Å²) in [6.07, 6.45) is 82.9. The topological polar surface area (TPSA) is 108 Å². The molecule has 9 heteroatoms. The van der Waals surface area contributed by atoms with E-state index in [1.165, 1.54) is 0 Å².